The summed E-state index contributed by atoms with van der Waals surface area (Å²) in [5.74, 6) is 1.49. The molecule has 26 heavy (non-hydrogen) atoms. The van der Waals surface area contributed by atoms with Crippen molar-refractivity contribution in [2.24, 2.45) is 0 Å². The summed E-state index contributed by atoms with van der Waals surface area (Å²) in [5, 5.41) is 4.55. The van der Waals surface area contributed by atoms with Gasteiger partial charge in [-0.3, -0.25) is 9.88 Å². The fourth-order valence-corrected chi connectivity index (χ4v) is 3.15. The summed E-state index contributed by atoms with van der Waals surface area (Å²) in [6, 6.07) is 8.08. The molecule has 0 aliphatic carbocycles. The molecule has 3 heterocycles. The molecule has 0 N–H and O–H groups in total. The van der Waals surface area contributed by atoms with Crippen molar-refractivity contribution in [3.05, 3.63) is 53.3 Å². The molecule has 1 saturated heterocycles. The van der Waals surface area contributed by atoms with Crippen LogP contribution in [0.25, 0.3) is 11.5 Å². The Balaban J connectivity index is 1.41. The van der Waals surface area contributed by atoms with E-state index < -0.39 is 0 Å². The molecule has 134 valence electrons. The molecule has 1 aliphatic heterocycles. The van der Waals surface area contributed by atoms with Gasteiger partial charge in [-0.05, 0) is 31.3 Å². The Kier molecular flexibility index (Phi) is 4.77. The summed E-state index contributed by atoms with van der Waals surface area (Å²) in [6.07, 6.45) is 5.22. The summed E-state index contributed by atoms with van der Waals surface area (Å²) < 4.78 is 7.44. The Morgan fingerprint density at radius 1 is 1.08 bits per heavy atom. The summed E-state index contributed by atoms with van der Waals surface area (Å²) in [7, 11) is 0. The van der Waals surface area contributed by atoms with Crippen LogP contribution in [0.15, 0.2) is 47.3 Å². The molecule has 0 saturated carbocycles. The van der Waals surface area contributed by atoms with Crippen LogP contribution < -0.4 is 4.90 Å². The molecule has 0 radical (unpaired) electrons. The molecule has 0 atom stereocenters. The van der Waals surface area contributed by atoms with Gasteiger partial charge in [0.15, 0.2) is 0 Å². The predicted molar refractivity (Wildman–Crippen MR) is 101 cm³/mol. The zero-order valence-corrected chi connectivity index (χ0v) is 15.4. The number of anilines is 1. The molecule has 0 spiro atoms. The molecule has 0 bridgehead atoms. The molecule has 2 aromatic heterocycles. The molecular formula is C18H20N6OS. The number of hydrogen-bond donors (Lipinski definition) is 0. The second-order valence-electron chi connectivity index (χ2n) is 6.35. The van der Waals surface area contributed by atoms with Gasteiger partial charge in [-0.15, -0.1) is 5.10 Å². The van der Waals surface area contributed by atoms with Gasteiger partial charge in [-0.2, -0.15) is 0 Å². The largest absolute Gasteiger partial charge is 0.409 e. The summed E-state index contributed by atoms with van der Waals surface area (Å²) >= 11 is 5.35. The van der Waals surface area contributed by atoms with E-state index >= 15 is 0 Å². The van der Waals surface area contributed by atoms with Crippen molar-refractivity contribution in [2.45, 2.75) is 13.6 Å². The minimum absolute atomic E-state index is 0.400. The van der Waals surface area contributed by atoms with Crippen molar-refractivity contribution < 1.29 is 4.42 Å². The molecule has 4 rings (SSSR count). The maximum Gasteiger partial charge on any atom is 0.288 e. The van der Waals surface area contributed by atoms with Crippen molar-refractivity contribution in [2.75, 3.05) is 31.1 Å². The Bertz CT molecular complexity index is 913. The van der Waals surface area contributed by atoms with Crippen LogP contribution in [0.2, 0.25) is 0 Å². The van der Waals surface area contributed by atoms with Crippen LogP contribution >= 0.6 is 12.2 Å². The van der Waals surface area contributed by atoms with Crippen LogP contribution in [0, 0.1) is 11.8 Å². The maximum atomic E-state index is 5.68. The quantitative estimate of drug-likeness (QED) is 0.656. The lowest BCUT2D eigenvalue weighted by Gasteiger charge is -2.34. The molecule has 0 unspecified atom stereocenters. The molecule has 3 aromatic rings. The standard InChI is InChI=1S/C18H20N6OS/c1-14-2-4-15(5-3-14)17-21-24(18(26)25-17)13-22-8-10-23(11-9-22)16-12-19-6-7-20-16/h2-7,12H,8-11,13H2,1H3. The lowest BCUT2D eigenvalue weighted by Crippen LogP contribution is -2.47. The van der Waals surface area contributed by atoms with Crippen LogP contribution in [0.4, 0.5) is 5.82 Å². The first-order chi connectivity index (χ1) is 12.7. The second kappa shape index (κ2) is 7.35. The van der Waals surface area contributed by atoms with Gasteiger partial charge in [-0.25, -0.2) is 9.67 Å². The zero-order chi connectivity index (χ0) is 17.9. The topological polar surface area (TPSA) is 63.2 Å². The number of hydrogen-bond acceptors (Lipinski definition) is 7. The Morgan fingerprint density at radius 2 is 1.85 bits per heavy atom. The van der Waals surface area contributed by atoms with Gasteiger partial charge in [0.2, 0.25) is 5.89 Å². The second-order valence-corrected chi connectivity index (χ2v) is 6.70. The highest BCUT2D eigenvalue weighted by molar-refractivity contribution is 7.71. The number of aryl methyl sites for hydroxylation is 1. The predicted octanol–water partition coefficient (Wildman–Crippen LogP) is 2.75. The number of aromatic nitrogens is 4. The van der Waals surface area contributed by atoms with Crippen LogP contribution in [0.3, 0.4) is 0 Å². The Morgan fingerprint density at radius 3 is 2.54 bits per heavy atom. The van der Waals surface area contributed by atoms with E-state index in [-0.39, 0.29) is 0 Å². The van der Waals surface area contributed by atoms with Gasteiger partial charge >= 0.3 is 0 Å². The van der Waals surface area contributed by atoms with E-state index in [2.05, 4.69) is 31.8 Å². The maximum absolute atomic E-state index is 5.68. The zero-order valence-electron chi connectivity index (χ0n) is 14.6. The fourth-order valence-electron chi connectivity index (χ4n) is 2.97. The van der Waals surface area contributed by atoms with Crippen LogP contribution in [-0.4, -0.2) is 50.8 Å². The lowest BCUT2D eigenvalue weighted by molar-refractivity contribution is 0.192. The van der Waals surface area contributed by atoms with Crippen molar-refractivity contribution in [3.63, 3.8) is 0 Å². The summed E-state index contributed by atoms with van der Waals surface area (Å²) in [5.41, 5.74) is 2.14. The van der Waals surface area contributed by atoms with Gasteiger partial charge < -0.3 is 9.32 Å². The third kappa shape index (κ3) is 3.66. The van der Waals surface area contributed by atoms with Crippen LogP contribution in [0.1, 0.15) is 5.56 Å². The highest BCUT2D eigenvalue weighted by atomic mass is 32.1. The monoisotopic (exact) mass is 368 g/mol. The normalized spacial score (nSPS) is 15.3. The van der Waals surface area contributed by atoms with Gasteiger partial charge in [0.25, 0.3) is 4.84 Å². The number of nitrogens with zero attached hydrogens (tertiary/aromatic N) is 6. The third-order valence-corrected chi connectivity index (χ3v) is 4.78. The summed E-state index contributed by atoms with van der Waals surface area (Å²) in [4.78, 5) is 13.5. The van der Waals surface area contributed by atoms with Gasteiger partial charge in [0.1, 0.15) is 5.82 Å². The van der Waals surface area contributed by atoms with Crippen molar-refractivity contribution in [1.29, 1.82) is 0 Å². The molecule has 1 aliphatic rings. The van der Waals surface area contributed by atoms with E-state index in [1.54, 1.807) is 23.3 Å². The average molecular weight is 368 g/mol. The van der Waals surface area contributed by atoms with Gasteiger partial charge in [-0.1, -0.05) is 17.7 Å². The smallest absolute Gasteiger partial charge is 0.288 e. The first-order valence-corrected chi connectivity index (χ1v) is 8.98. The van der Waals surface area contributed by atoms with Crippen molar-refractivity contribution in [1.82, 2.24) is 24.6 Å². The summed E-state index contributed by atoms with van der Waals surface area (Å²) in [6.45, 7) is 6.29. The molecule has 0 amide bonds. The highest BCUT2D eigenvalue weighted by Crippen LogP contribution is 2.19. The van der Waals surface area contributed by atoms with Crippen molar-refractivity contribution >= 4 is 18.0 Å². The number of rotatable bonds is 4. The lowest BCUT2D eigenvalue weighted by atomic mass is 10.1. The Labute approximate surface area is 156 Å². The SMILES string of the molecule is Cc1ccc(-c2nn(CN3CCN(c4cnccn4)CC3)c(=S)o2)cc1. The van der Waals surface area contributed by atoms with Gasteiger partial charge in [0, 0.05) is 44.1 Å². The third-order valence-electron chi connectivity index (χ3n) is 4.48. The van der Waals surface area contributed by atoms with E-state index in [1.165, 1.54) is 5.56 Å². The average Bonchev–Trinajstić information content (AvgIpc) is 3.04. The van der Waals surface area contributed by atoms with Crippen molar-refractivity contribution in [3.8, 4) is 11.5 Å². The first-order valence-electron chi connectivity index (χ1n) is 8.57. The molecule has 1 fully saturated rings. The number of piperazine rings is 1. The minimum Gasteiger partial charge on any atom is -0.409 e. The van der Waals surface area contributed by atoms with E-state index in [4.69, 9.17) is 16.6 Å². The van der Waals surface area contributed by atoms with Gasteiger partial charge in [0.05, 0.1) is 12.9 Å². The van der Waals surface area contributed by atoms with Crippen LogP contribution in [-0.2, 0) is 6.67 Å². The molecule has 8 heteroatoms. The highest BCUT2D eigenvalue weighted by Gasteiger charge is 2.19. The number of benzene rings is 1. The van der Waals surface area contributed by atoms with E-state index in [0.29, 0.717) is 17.4 Å². The molecule has 7 nitrogen and oxygen atoms in total. The Hall–Kier alpha value is -2.58. The molecular weight excluding hydrogens is 348 g/mol. The molecule has 1 aromatic carbocycles. The van der Waals surface area contributed by atoms with E-state index in [1.807, 2.05) is 24.3 Å². The van der Waals surface area contributed by atoms with E-state index in [0.717, 1.165) is 37.6 Å². The van der Waals surface area contributed by atoms with Crippen LogP contribution in [0.5, 0.6) is 0 Å². The minimum atomic E-state index is 0.400. The van der Waals surface area contributed by atoms with E-state index in [9.17, 15) is 0 Å². The fraction of sp³-hybridized carbons (Fsp3) is 0.333. The first kappa shape index (κ1) is 16.9.